The minimum Gasteiger partial charge on any atom is -0.481 e. The lowest BCUT2D eigenvalue weighted by atomic mass is 9.87. The van der Waals surface area contributed by atoms with Gasteiger partial charge in [0.15, 0.2) is 11.4 Å². The monoisotopic (exact) mass is 330 g/mol. The van der Waals surface area contributed by atoms with Crippen LogP contribution in [0.5, 0.6) is 0 Å². The van der Waals surface area contributed by atoms with Gasteiger partial charge in [-0.05, 0) is 37.3 Å². The number of para-hydroxylation sites is 1. The lowest BCUT2D eigenvalue weighted by Crippen LogP contribution is -2.43. The van der Waals surface area contributed by atoms with Crippen molar-refractivity contribution >= 4 is 22.8 Å². The lowest BCUT2D eigenvalue weighted by molar-refractivity contribution is -0.137. The van der Waals surface area contributed by atoms with Gasteiger partial charge in [-0.25, -0.2) is 0 Å². The summed E-state index contributed by atoms with van der Waals surface area (Å²) < 4.78 is 5.41. The number of fused-ring (bicyclic) bond motifs is 1. The third-order valence-electron chi connectivity index (χ3n) is 5.20. The molecule has 128 valence electrons. The van der Waals surface area contributed by atoms with E-state index < -0.39 is 5.97 Å². The molecule has 3 heterocycles. The second-order valence-electron chi connectivity index (χ2n) is 6.75. The summed E-state index contributed by atoms with van der Waals surface area (Å²) in [5, 5.41) is 14.2. The Labute approximate surface area is 140 Å². The predicted molar refractivity (Wildman–Crippen MR) is 89.7 cm³/mol. The van der Waals surface area contributed by atoms with Crippen molar-refractivity contribution in [2.45, 2.75) is 37.8 Å². The first kappa shape index (κ1) is 15.4. The molecule has 2 fully saturated rings. The number of benzene rings is 1. The fourth-order valence-corrected chi connectivity index (χ4v) is 3.92. The number of hydrazine groups is 1. The van der Waals surface area contributed by atoms with Crippen molar-refractivity contribution in [1.82, 2.24) is 16.0 Å². The van der Waals surface area contributed by atoms with E-state index in [9.17, 15) is 4.79 Å². The van der Waals surface area contributed by atoms with Gasteiger partial charge in [0, 0.05) is 25.2 Å². The molecule has 2 atom stereocenters. The van der Waals surface area contributed by atoms with E-state index in [2.05, 4.69) is 20.9 Å². The van der Waals surface area contributed by atoms with Crippen molar-refractivity contribution in [2.75, 3.05) is 18.0 Å². The van der Waals surface area contributed by atoms with Crippen molar-refractivity contribution < 1.29 is 14.4 Å². The van der Waals surface area contributed by atoms with Gasteiger partial charge >= 0.3 is 5.97 Å². The highest BCUT2D eigenvalue weighted by atomic mass is 16.5. The summed E-state index contributed by atoms with van der Waals surface area (Å²) in [6.45, 7) is 1.89. The molecule has 2 aliphatic rings. The zero-order valence-corrected chi connectivity index (χ0v) is 13.4. The molecule has 1 aromatic heterocycles. The van der Waals surface area contributed by atoms with E-state index in [-0.39, 0.29) is 12.5 Å². The summed E-state index contributed by atoms with van der Waals surface area (Å²) in [6, 6.07) is 8.33. The number of aliphatic carboxylic acids is 1. The van der Waals surface area contributed by atoms with Crippen LogP contribution in [0.25, 0.3) is 11.0 Å². The Morgan fingerprint density at radius 3 is 2.88 bits per heavy atom. The van der Waals surface area contributed by atoms with Gasteiger partial charge in [0.25, 0.3) is 0 Å². The van der Waals surface area contributed by atoms with E-state index >= 15 is 0 Å². The molecule has 0 bridgehead atoms. The van der Waals surface area contributed by atoms with Crippen LogP contribution >= 0.6 is 0 Å². The smallest absolute Gasteiger partial charge is 0.304 e. The van der Waals surface area contributed by atoms with Gasteiger partial charge in [0.1, 0.15) is 0 Å². The Morgan fingerprint density at radius 1 is 1.29 bits per heavy atom. The highest BCUT2D eigenvalue weighted by molar-refractivity contribution is 5.88. The summed E-state index contributed by atoms with van der Waals surface area (Å²) in [4.78, 5) is 13.1. The number of rotatable bonds is 4. The number of nitrogens with one attached hydrogen (secondary N) is 2. The van der Waals surface area contributed by atoms with Crippen molar-refractivity contribution in [3.05, 3.63) is 24.3 Å². The van der Waals surface area contributed by atoms with Crippen LogP contribution in [0.1, 0.15) is 25.7 Å². The van der Waals surface area contributed by atoms with Gasteiger partial charge in [0.05, 0.1) is 11.8 Å². The standard InChI is InChI=1S/C17H22N4O3/c22-16(23)10-12-9-14(19-18-12)11-5-7-21(8-6-11)17-13-3-1-2-4-15(13)24-20-17/h1-4,11-12,14,18-19H,5-10H2,(H,22,23). The predicted octanol–water partition coefficient (Wildman–Crippen LogP) is 1.75. The highest BCUT2D eigenvalue weighted by Crippen LogP contribution is 2.31. The third kappa shape index (κ3) is 2.97. The molecule has 2 unspecified atom stereocenters. The average Bonchev–Trinajstić information content (AvgIpc) is 3.21. The second kappa shape index (κ2) is 6.41. The molecule has 2 saturated heterocycles. The fourth-order valence-electron chi connectivity index (χ4n) is 3.92. The molecule has 2 aliphatic heterocycles. The number of aromatic nitrogens is 1. The van der Waals surface area contributed by atoms with Crippen molar-refractivity contribution in [3.63, 3.8) is 0 Å². The number of anilines is 1. The number of hydrogen-bond acceptors (Lipinski definition) is 6. The van der Waals surface area contributed by atoms with Crippen LogP contribution in [0.4, 0.5) is 5.82 Å². The summed E-state index contributed by atoms with van der Waals surface area (Å²) in [7, 11) is 0. The van der Waals surface area contributed by atoms with Crippen molar-refractivity contribution in [3.8, 4) is 0 Å². The van der Waals surface area contributed by atoms with E-state index in [4.69, 9.17) is 9.63 Å². The van der Waals surface area contributed by atoms with E-state index in [1.54, 1.807) is 0 Å². The van der Waals surface area contributed by atoms with E-state index in [0.29, 0.717) is 12.0 Å². The van der Waals surface area contributed by atoms with Gasteiger partial charge in [-0.2, -0.15) is 0 Å². The Bertz CT molecular complexity index is 723. The largest absolute Gasteiger partial charge is 0.481 e. The van der Waals surface area contributed by atoms with Crippen LogP contribution < -0.4 is 15.8 Å². The Morgan fingerprint density at radius 2 is 2.08 bits per heavy atom. The molecule has 0 amide bonds. The van der Waals surface area contributed by atoms with Crippen LogP contribution in [0.15, 0.2) is 28.8 Å². The molecule has 1 aromatic carbocycles. The van der Waals surface area contributed by atoms with Crippen LogP contribution in [0.2, 0.25) is 0 Å². The molecule has 0 radical (unpaired) electrons. The zero-order chi connectivity index (χ0) is 16.5. The zero-order valence-electron chi connectivity index (χ0n) is 13.4. The minimum absolute atomic E-state index is 0.0324. The topological polar surface area (TPSA) is 90.6 Å². The summed E-state index contributed by atoms with van der Waals surface area (Å²) in [5.41, 5.74) is 7.25. The lowest BCUT2D eigenvalue weighted by Gasteiger charge is -2.34. The summed E-state index contributed by atoms with van der Waals surface area (Å²) >= 11 is 0. The Kier molecular flexibility index (Phi) is 4.12. The number of piperidine rings is 1. The molecule has 7 heteroatoms. The maximum absolute atomic E-state index is 10.8. The second-order valence-corrected chi connectivity index (χ2v) is 6.75. The number of carbonyl (C=O) groups is 1. The molecule has 7 nitrogen and oxygen atoms in total. The molecule has 0 spiro atoms. The highest BCUT2D eigenvalue weighted by Gasteiger charge is 2.34. The molecular formula is C17H22N4O3. The third-order valence-corrected chi connectivity index (χ3v) is 5.20. The fraction of sp³-hybridized carbons (Fsp3) is 0.529. The molecule has 2 aromatic rings. The minimum atomic E-state index is -0.748. The first-order chi connectivity index (χ1) is 11.7. The average molecular weight is 330 g/mol. The first-order valence-corrected chi connectivity index (χ1v) is 8.53. The quantitative estimate of drug-likeness (QED) is 0.787. The SMILES string of the molecule is O=C(O)CC1CC(C2CCN(c3noc4ccccc34)CC2)NN1. The van der Waals surface area contributed by atoms with Gasteiger partial charge in [0.2, 0.25) is 0 Å². The van der Waals surface area contributed by atoms with Crippen molar-refractivity contribution in [1.29, 1.82) is 0 Å². The van der Waals surface area contributed by atoms with Gasteiger partial charge in [-0.3, -0.25) is 15.6 Å². The summed E-state index contributed by atoms with van der Waals surface area (Å²) in [6.07, 6.45) is 3.19. The molecule has 0 saturated carbocycles. The number of nitrogens with zero attached hydrogens (tertiary/aromatic N) is 2. The van der Waals surface area contributed by atoms with Crippen LogP contribution in [0, 0.1) is 5.92 Å². The van der Waals surface area contributed by atoms with E-state index in [1.165, 1.54) is 0 Å². The van der Waals surface area contributed by atoms with Gasteiger partial charge < -0.3 is 14.5 Å². The number of carboxylic acid groups (broad SMARTS) is 1. The van der Waals surface area contributed by atoms with Crippen LogP contribution in [-0.4, -0.2) is 41.4 Å². The summed E-state index contributed by atoms with van der Waals surface area (Å²) in [5.74, 6) is 0.749. The first-order valence-electron chi connectivity index (χ1n) is 8.53. The molecule has 0 aliphatic carbocycles. The molecular weight excluding hydrogens is 308 g/mol. The van der Waals surface area contributed by atoms with Gasteiger partial charge in [-0.15, -0.1) is 0 Å². The van der Waals surface area contributed by atoms with Crippen LogP contribution in [-0.2, 0) is 4.79 Å². The maximum atomic E-state index is 10.8. The van der Waals surface area contributed by atoms with Gasteiger partial charge in [-0.1, -0.05) is 17.3 Å². The number of carboxylic acids is 1. The Balaban J connectivity index is 1.36. The molecule has 3 N–H and O–H groups in total. The van der Waals surface area contributed by atoms with E-state index in [1.807, 2.05) is 24.3 Å². The Hall–Kier alpha value is -2.12. The molecule has 24 heavy (non-hydrogen) atoms. The van der Waals surface area contributed by atoms with Crippen molar-refractivity contribution in [2.24, 2.45) is 5.92 Å². The molecule has 4 rings (SSSR count). The van der Waals surface area contributed by atoms with E-state index in [0.717, 1.165) is 49.1 Å². The normalized spacial score (nSPS) is 25.4. The maximum Gasteiger partial charge on any atom is 0.304 e. The number of hydrogen-bond donors (Lipinski definition) is 3. The van der Waals surface area contributed by atoms with Crippen LogP contribution in [0.3, 0.4) is 0 Å².